The Morgan fingerprint density at radius 2 is 1.76 bits per heavy atom. The van der Waals surface area contributed by atoms with Crippen LogP contribution in [0, 0.1) is 11.8 Å². The van der Waals surface area contributed by atoms with Crippen LogP contribution in [0.4, 0.5) is 0 Å². The number of Topliss-reactive ketones (excluding diaryl/α,β-unsaturated/α-hetero) is 2. The molecule has 4 atom stereocenters. The van der Waals surface area contributed by atoms with Gasteiger partial charge in [0.1, 0.15) is 22.8 Å². The zero-order valence-corrected chi connectivity index (χ0v) is 26.4. The fraction of sp³-hybridized carbons (Fsp3) is 0.412. The van der Waals surface area contributed by atoms with Gasteiger partial charge >= 0.3 is 5.97 Å². The number of nitrogens with one attached hydrogen (secondary N) is 1. The Balaban J connectivity index is 1.53. The molecule has 0 aliphatic heterocycles. The van der Waals surface area contributed by atoms with Crippen LogP contribution in [-0.4, -0.2) is 81.6 Å². The first-order valence-corrected chi connectivity index (χ1v) is 15.0. The molecule has 244 valence electrons. The van der Waals surface area contributed by atoms with E-state index in [-0.39, 0.29) is 42.2 Å². The standard InChI is InChI=1S/C34H39N3O9/c1-15(2)20-11-19(14-36-13-16-6-8-17(9-7-16)33(44)46-5)27(38)24-21(20)10-18-12-22-26(37(3)4)29(40)25(32(35)43)31(42)34(22,45)30(41)23(18)28(24)39/h6-9,11,15,18,22,26,36,38,40-41,45H,10,12-14H2,1-5H3,(H2,35,43)/t18-,22-,26+,34-/m0/s1. The highest BCUT2D eigenvalue weighted by molar-refractivity contribution is 6.24. The SMILES string of the molecule is COC(=O)c1ccc(CNCc2cc(C(C)C)c3c(c2O)C(=O)C2=C(O)[C@]4(O)C(=O)C(C(N)=O)=C(O)[C@H](N(C)C)[C@@H]4C[C@@H]2C3)cc1. The Morgan fingerprint density at radius 3 is 2.33 bits per heavy atom. The average molecular weight is 634 g/mol. The van der Waals surface area contributed by atoms with Crippen molar-refractivity contribution in [3.8, 4) is 5.75 Å². The quantitative estimate of drug-likeness (QED) is 0.184. The van der Waals surface area contributed by atoms with Gasteiger partial charge in [-0.2, -0.15) is 0 Å². The van der Waals surface area contributed by atoms with Gasteiger partial charge < -0.3 is 36.2 Å². The van der Waals surface area contributed by atoms with Crippen LogP contribution in [0.2, 0.25) is 0 Å². The Hall–Kier alpha value is -4.52. The number of allylic oxidation sites excluding steroid dienone is 1. The topological polar surface area (TPSA) is 200 Å². The third kappa shape index (κ3) is 5.06. The summed E-state index contributed by atoms with van der Waals surface area (Å²) in [6.07, 6.45) is 0.262. The van der Waals surface area contributed by atoms with E-state index in [9.17, 15) is 39.6 Å². The molecule has 0 fully saturated rings. The predicted molar refractivity (Wildman–Crippen MR) is 166 cm³/mol. The summed E-state index contributed by atoms with van der Waals surface area (Å²) in [6.45, 7) is 4.51. The molecule has 0 heterocycles. The summed E-state index contributed by atoms with van der Waals surface area (Å²) in [5.74, 6) is -7.23. The molecule has 5 rings (SSSR count). The minimum absolute atomic E-state index is 0.00814. The summed E-state index contributed by atoms with van der Waals surface area (Å²) in [5, 5.41) is 49.1. The van der Waals surface area contributed by atoms with E-state index >= 15 is 0 Å². The molecule has 7 N–H and O–H groups in total. The van der Waals surface area contributed by atoms with E-state index in [1.165, 1.54) is 12.0 Å². The molecule has 2 aromatic rings. The lowest BCUT2D eigenvalue weighted by Gasteiger charge is -2.50. The van der Waals surface area contributed by atoms with Crippen molar-refractivity contribution in [3.05, 3.63) is 86.4 Å². The van der Waals surface area contributed by atoms with Crippen LogP contribution >= 0.6 is 0 Å². The number of ketones is 2. The molecule has 0 unspecified atom stereocenters. The number of nitrogens with zero attached hydrogens (tertiary/aromatic N) is 1. The summed E-state index contributed by atoms with van der Waals surface area (Å²) in [4.78, 5) is 53.2. The first kappa shape index (κ1) is 32.9. The van der Waals surface area contributed by atoms with Crippen molar-refractivity contribution in [3.63, 3.8) is 0 Å². The van der Waals surface area contributed by atoms with Gasteiger partial charge in [0.05, 0.1) is 24.3 Å². The van der Waals surface area contributed by atoms with E-state index in [0.717, 1.165) is 11.1 Å². The normalized spacial score (nSPS) is 24.2. The average Bonchev–Trinajstić information content (AvgIpc) is 2.99. The van der Waals surface area contributed by atoms with E-state index in [0.29, 0.717) is 23.2 Å². The number of carbonyl (C=O) groups is 4. The van der Waals surface area contributed by atoms with E-state index in [1.54, 1.807) is 38.4 Å². The first-order valence-electron chi connectivity index (χ1n) is 15.0. The minimum Gasteiger partial charge on any atom is -0.510 e. The van der Waals surface area contributed by atoms with Crippen LogP contribution in [0.15, 0.2) is 53.0 Å². The molecule has 0 aromatic heterocycles. The van der Waals surface area contributed by atoms with Crippen LogP contribution in [0.5, 0.6) is 5.75 Å². The smallest absolute Gasteiger partial charge is 0.337 e. The minimum atomic E-state index is -2.69. The number of methoxy groups -OCH3 is 1. The molecule has 3 aliphatic rings. The molecule has 3 aliphatic carbocycles. The van der Waals surface area contributed by atoms with Crippen LogP contribution < -0.4 is 11.1 Å². The number of esters is 1. The van der Waals surface area contributed by atoms with E-state index in [2.05, 4.69) is 5.32 Å². The van der Waals surface area contributed by atoms with Crippen molar-refractivity contribution in [2.75, 3.05) is 21.2 Å². The van der Waals surface area contributed by atoms with Crippen molar-refractivity contribution < 1.29 is 44.3 Å². The second kappa shape index (κ2) is 12.0. The Bertz CT molecular complexity index is 1710. The maximum absolute atomic E-state index is 14.2. The fourth-order valence-electron chi connectivity index (χ4n) is 7.27. The van der Waals surface area contributed by atoms with Crippen LogP contribution in [0.3, 0.4) is 0 Å². The van der Waals surface area contributed by atoms with E-state index < -0.39 is 64.0 Å². The highest BCUT2D eigenvalue weighted by Crippen LogP contribution is 2.53. The largest absolute Gasteiger partial charge is 0.510 e. The first-order chi connectivity index (χ1) is 21.6. The number of hydrogen-bond donors (Lipinski definition) is 6. The van der Waals surface area contributed by atoms with Gasteiger partial charge in [-0.05, 0) is 67.6 Å². The maximum atomic E-state index is 14.2. The van der Waals surface area contributed by atoms with Crippen molar-refractivity contribution in [2.45, 2.75) is 57.3 Å². The number of hydrogen-bond acceptors (Lipinski definition) is 11. The van der Waals surface area contributed by atoms with Gasteiger partial charge in [-0.1, -0.05) is 32.0 Å². The zero-order chi connectivity index (χ0) is 33.8. The predicted octanol–water partition coefficient (Wildman–Crippen LogP) is 2.32. The van der Waals surface area contributed by atoms with Crippen LogP contribution in [0.1, 0.15) is 69.2 Å². The zero-order valence-electron chi connectivity index (χ0n) is 26.4. The van der Waals surface area contributed by atoms with Gasteiger partial charge in [-0.15, -0.1) is 0 Å². The number of aliphatic hydroxyl groups is 3. The molecular weight excluding hydrogens is 594 g/mol. The highest BCUT2D eigenvalue weighted by atomic mass is 16.5. The molecule has 46 heavy (non-hydrogen) atoms. The lowest BCUT2D eigenvalue weighted by atomic mass is 9.58. The Kier molecular flexibility index (Phi) is 8.58. The van der Waals surface area contributed by atoms with E-state index in [4.69, 9.17) is 10.5 Å². The van der Waals surface area contributed by atoms with Crippen molar-refractivity contribution in [1.29, 1.82) is 0 Å². The number of aromatic hydroxyl groups is 1. The molecule has 0 radical (unpaired) electrons. The second-order valence-corrected chi connectivity index (χ2v) is 12.7. The molecule has 12 heteroatoms. The Labute approximate surface area is 266 Å². The fourth-order valence-corrected chi connectivity index (χ4v) is 7.27. The van der Waals surface area contributed by atoms with Crippen molar-refractivity contribution >= 4 is 23.4 Å². The molecule has 12 nitrogen and oxygen atoms in total. The monoisotopic (exact) mass is 633 g/mol. The molecule has 1 amide bonds. The third-order valence-corrected chi connectivity index (χ3v) is 9.48. The number of benzene rings is 2. The number of fused-ring (bicyclic) bond motifs is 3. The number of rotatable bonds is 8. The number of phenolic OH excluding ortho intramolecular Hbond substituents is 1. The molecule has 0 saturated heterocycles. The van der Waals surface area contributed by atoms with Crippen LogP contribution in [0.25, 0.3) is 0 Å². The van der Waals surface area contributed by atoms with Gasteiger partial charge in [0.25, 0.3) is 5.91 Å². The van der Waals surface area contributed by atoms with Gasteiger partial charge in [0, 0.05) is 30.1 Å². The summed E-state index contributed by atoms with van der Waals surface area (Å²) < 4.78 is 4.73. The molecule has 0 spiro atoms. The van der Waals surface area contributed by atoms with Crippen molar-refractivity contribution in [2.24, 2.45) is 17.6 Å². The van der Waals surface area contributed by atoms with E-state index in [1.807, 2.05) is 19.9 Å². The van der Waals surface area contributed by atoms with Gasteiger partial charge in [0.15, 0.2) is 11.4 Å². The van der Waals surface area contributed by atoms with Gasteiger partial charge in [-0.25, -0.2) is 4.79 Å². The number of nitrogens with two attached hydrogens (primary N) is 1. The second-order valence-electron chi connectivity index (χ2n) is 12.7. The summed E-state index contributed by atoms with van der Waals surface area (Å²) in [6, 6.07) is 7.65. The van der Waals surface area contributed by atoms with Gasteiger partial charge in [-0.3, -0.25) is 19.3 Å². The number of aliphatic hydroxyl groups excluding tert-OH is 2. The maximum Gasteiger partial charge on any atom is 0.337 e. The van der Waals surface area contributed by atoms with Crippen molar-refractivity contribution in [1.82, 2.24) is 10.2 Å². The summed E-state index contributed by atoms with van der Waals surface area (Å²) in [7, 11) is 4.49. The summed E-state index contributed by atoms with van der Waals surface area (Å²) >= 11 is 0. The number of primary amides is 1. The third-order valence-electron chi connectivity index (χ3n) is 9.48. The summed E-state index contributed by atoms with van der Waals surface area (Å²) in [5.41, 5.74) is 4.86. The number of amides is 1. The number of phenols is 1. The number of likely N-dealkylation sites (N-methyl/N-ethyl adjacent to an activating group) is 1. The lowest BCUT2D eigenvalue weighted by molar-refractivity contribution is -0.148. The number of ether oxygens (including phenoxy) is 1. The molecule has 0 bridgehead atoms. The molecule has 2 aromatic carbocycles. The molecule has 0 saturated carbocycles. The highest BCUT2D eigenvalue weighted by Gasteiger charge is 2.63. The molecular formula is C34H39N3O9. The Morgan fingerprint density at radius 1 is 1.11 bits per heavy atom. The van der Waals surface area contributed by atoms with Crippen LogP contribution in [-0.2, 0) is 33.8 Å². The lowest BCUT2D eigenvalue weighted by Crippen LogP contribution is -2.63. The number of carbonyl (C=O) groups excluding carboxylic acids is 4. The van der Waals surface area contributed by atoms with Gasteiger partial charge in [0.2, 0.25) is 5.78 Å².